The number of fused-ring (bicyclic) bond motifs is 1. The van der Waals surface area contributed by atoms with E-state index in [0.717, 1.165) is 19.3 Å². The average Bonchev–Trinajstić information content (AvgIpc) is 2.71. The van der Waals surface area contributed by atoms with Crippen molar-refractivity contribution in [2.45, 2.75) is 51.1 Å². The minimum absolute atomic E-state index is 0. The van der Waals surface area contributed by atoms with Crippen molar-refractivity contribution in [3.8, 4) is 11.5 Å². The molecule has 1 aliphatic carbocycles. The van der Waals surface area contributed by atoms with Gasteiger partial charge in [-0.1, -0.05) is 19.3 Å². The minimum atomic E-state index is -0.817. The molecule has 1 aromatic carbocycles. The summed E-state index contributed by atoms with van der Waals surface area (Å²) in [7, 11) is 3.04. The first-order chi connectivity index (χ1) is 13.4. The van der Waals surface area contributed by atoms with Crippen LogP contribution in [-0.4, -0.2) is 47.1 Å². The molecule has 0 saturated heterocycles. The van der Waals surface area contributed by atoms with Gasteiger partial charge in [0.25, 0.3) is 5.56 Å². The highest BCUT2D eigenvalue weighted by Gasteiger charge is 2.38. The summed E-state index contributed by atoms with van der Waals surface area (Å²) in [5.74, 6) is 1.29. The number of aromatic nitrogens is 2. The van der Waals surface area contributed by atoms with E-state index in [9.17, 15) is 9.59 Å². The molecule has 3 rings (SSSR count). The number of nitrogens with zero attached hydrogens (tertiary/aromatic N) is 2. The third-order valence-electron chi connectivity index (χ3n) is 5.44. The predicted molar refractivity (Wildman–Crippen MR) is 114 cm³/mol. The molecule has 29 heavy (non-hydrogen) atoms. The topological polar surface area (TPSA) is 111 Å². The molecule has 0 spiro atoms. The summed E-state index contributed by atoms with van der Waals surface area (Å²) >= 11 is 0. The Morgan fingerprint density at radius 1 is 1.21 bits per heavy atom. The van der Waals surface area contributed by atoms with E-state index in [1.54, 1.807) is 17.0 Å². The molecule has 1 saturated carbocycles. The molecule has 0 bridgehead atoms. The van der Waals surface area contributed by atoms with Crippen LogP contribution in [0, 0.1) is 0 Å². The summed E-state index contributed by atoms with van der Waals surface area (Å²) < 4.78 is 10.5. The molecular formula is C20H29ClN4O4. The first-order valence-electron chi connectivity index (χ1n) is 9.65. The number of nitrogens with one attached hydrogen (secondary N) is 1. The van der Waals surface area contributed by atoms with Crippen LogP contribution in [0.3, 0.4) is 0 Å². The van der Waals surface area contributed by atoms with E-state index in [1.807, 2.05) is 6.92 Å². The molecule has 0 unspecified atom stereocenters. The number of hydrogen-bond acceptors (Lipinski definition) is 6. The fourth-order valence-corrected chi connectivity index (χ4v) is 3.81. The number of ether oxygens (including phenoxy) is 2. The zero-order valence-electron chi connectivity index (χ0n) is 17.1. The SMILES string of the molecule is CCN(Cc1nc2cc(OC)c(OC)cc2c(=O)[nH]1)C(=O)C1(N)CCCCC1.Cl. The van der Waals surface area contributed by atoms with Gasteiger partial charge in [-0.05, 0) is 25.8 Å². The Labute approximate surface area is 176 Å². The number of benzene rings is 1. The highest BCUT2D eigenvalue weighted by atomic mass is 35.5. The molecule has 1 fully saturated rings. The second kappa shape index (κ2) is 9.45. The van der Waals surface area contributed by atoms with Crippen molar-refractivity contribution in [3.63, 3.8) is 0 Å². The van der Waals surface area contributed by atoms with E-state index < -0.39 is 5.54 Å². The number of carbonyl (C=O) groups is 1. The number of likely N-dealkylation sites (N-methyl/N-ethyl adjacent to an activating group) is 1. The molecule has 3 N–H and O–H groups in total. The lowest BCUT2D eigenvalue weighted by Crippen LogP contribution is -2.56. The molecule has 1 aliphatic rings. The number of halogens is 1. The third kappa shape index (κ3) is 4.64. The summed E-state index contributed by atoms with van der Waals surface area (Å²) in [6.45, 7) is 2.59. The van der Waals surface area contributed by atoms with Gasteiger partial charge >= 0.3 is 0 Å². The van der Waals surface area contributed by atoms with E-state index in [2.05, 4.69) is 9.97 Å². The zero-order valence-corrected chi connectivity index (χ0v) is 17.9. The molecule has 0 radical (unpaired) electrons. The number of carbonyl (C=O) groups excluding carboxylic acids is 1. The number of hydrogen-bond donors (Lipinski definition) is 2. The van der Waals surface area contributed by atoms with E-state index in [-0.39, 0.29) is 30.4 Å². The van der Waals surface area contributed by atoms with Crippen molar-refractivity contribution in [3.05, 3.63) is 28.3 Å². The number of nitrogens with two attached hydrogens (primary N) is 1. The van der Waals surface area contributed by atoms with Gasteiger partial charge in [0, 0.05) is 12.6 Å². The van der Waals surface area contributed by atoms with Crippen molar-refractivity contribution in [2.24, 2.45) is 5.73 Å². The lowest BCUT2D eigenvalue weighted by molar-refractivity contribution is -0.138. The van der Waals surface area contributed by atoms with E-state index >= 15 is 0 Å². The first-order valence-corrected chi connectivity index (χ1v) is 9.65. The Morgan fingerprint density at radius 3 is 2.41 bits per heavy atom. The van der Waals surface area contributed by atoms with Crippen LogP contribution in [0.4, 0.5) is 0 Å². The van der Waals surface area contributed by atoms with Gasteiger partial charge in [0.05, 0.1) is 37.2 Å². The number of methoxy groups -OCH3 is 2. The largest absolute Gasteiger partial charge is 0.493 e. The highest BCUT2D eigenvalue weighted by Crippen LogP contribution is 2.30. The summed E-state index contributed by atoms with van der Waals surface area (Å²) in [6, 6.07) is 3.26. The normalized spacial score (nSPS) is 15.4. The van der Waals surface area contributed by atoms with Crippen LogP contribution < -0.4 is 20.8 Å². The van der Waals surface area contributed by atoms with Crippen molar-refractivity contribution >= 4 is 29.2 Å². The van der Waals surface area contributed by atoms with Crippen LogP contribution in [0.2, 0.25) is 0 Å². The van der Waals surface area contributed by atoms with Crippen molar-refractivity contribution < 1.29 is 14.3 Å². The van der Waals surface area contributed by atoms with Gasteiger partial charge < -0.3 is 25.1 Å². The molecule has 2 aromatic rings. The molecule has 160 valence electrons. The van der Waals surface area contributed by atoms with Crippen molar-refractivity contribution in [2.75, 3.05) is 20.8 Å². The minimum Gasteiger partial charge on any atom is -0.493 e. The van der Waals surface area contributed by atoms with Gasteiger partial charge in [-0.2, -0.15) is 0 Å². The van der Waals surface area contributed by atoms with Crippen LogP contribution in [0.1, 0.15) is 44.9 Å². The lowest BCUT2D eigenvalue weighted by Gasteiger charge is -2.36. The van der Waals surface area contributed by atoms with Crippen LogP contribution in [0.5, 0.6) is 11.5 Å². The highest BCUT2D eigenvalue weighted by molar-refractivity contribution is 5.86. The maximum atomic E-state index is 13.0. The maximum absolute atomic E-state index is 13.0. The number of rotatable bonds is 6. The van der Waals surface area contributed by atoms with Gasteiger partial charge in [0.15, 0.2) is 11.5 Å². The zero-order chi connectivity index (χ0) is 20.3. The van der Waals surface area contributed by atoms with Crippen LogP contribution in [-0.2, 0) is 11.3 Å². The van der Waals surface area contributed by atoms with Gasteiger partial charge in [0.2, 0.25) is 5.91 Å². The monoisotopic (exact) mass is 424 g/mol. The van der Waals surface area contributed by atoms with E-state index in [1.165, 1.54) is 14.2 Å². The number of aromatic amines is 1. The molecule has 8 nitrogen and oxygen atoms in total. The summed E-state index contributed by atoms with van der Waals surface area (Å²) in [4.78, 5) is 34.6. The van der Waals surface area contributed by atoms with Crippen molar-refractivity contribution in [1.29, 1.82) is 0 Å². The standard InChI is InChI=1S/C20H28N4O4.ClH/c1-4-24(19(26)20(21)8-6-5-7-9-20)12-17-22-14-11-16(28-3)15(27-2)10-13(14)18(25)23-17;/h10-11H,4-9,12,21H2,1-3H3,(H,22,23,25);1H. The van der Waals surface area contributed by atoms with Crippen LogP contribution >= 0.6 is 12.4 Å². The lowest BCUT2D eigenvalue weighted by atomic mass is 9.81. The van der Waals surface area contributed by atoms with Gasteiger partial charge in [-0.15, -0.1) is 12.4 Å². The quantitative estimate of drug-likeness (QED) is 0.736. The molecule has 0 aliphatic heterocycles. The molecule has 9 heteroatoms. The molecule has 1 amide bonds. The molecule has 0 atom stereocenters. The van der Waals surface area contributed by atoms with E-state index in [4.69, 9.17) is 15.2 Å². The van der Waals surface area contributed by atoms with Crippen LogP contribution in [0.25, 0.3) is 10.9 Å². The molecular weight excluding hydrogens is 396 g/mol. The summed E-state index contributed by atoms with van der Waals surface area (Å²) in [6.07, 6.45) is 4.43. The predicted octanol–water partition coefficient (Wildman–Crippen LogP) is 2.37. The van der Waals surface area contributed by atoms with E-state index in [0.29, 0.717) is 47.6 Å². The van der Waals surface area contributed by atoms with Crippen molar-refractivity contribution in [1.82, 2.24) is 14.9 Å². The fraction of sp³-hybridized carbons (Fsp3) is 0.550. The smallest absolute Gasteiger partial charge is 0.258 e. The molecule has 1 heterocycles. The maximum Gasteiger partial charge on any atom is 0.258 e. The van der Waals surface area contributed by atoms with Gasteiger partial charge in [-0.25, -0.2) is 4.98 Å². The second-order valence-electron chi connectivity index (χ2n) is 7.27. The second-order valence-corrected chi connectivity index (χ2v) is 7.27. The fourth-order valence-electron chi connectivity index (χ4n) is 3.81. The Bertz CT molecular complexity index is 925. The van der Waals surface area contributed by atoms with Crippen LogP contribution in [0.15, 0.2) is 16.9 Å². The summed E-state index contributed by atoms with van der Waals surface area (Å²) in [5.41, 5.74) is 5.79. The Kier molecular flexibility index (Phi) is 7.48. The number of amides is 1. The average molecular weight is 425 g/mol. The Balaban J connectivity index is 0.00000300. The summed E-state index contributed by atoms with van der Waals surface area (Å²) in [5, 5.41) is 0.401. The van der Waals surface area contributed by atoms with Gasteiger partial charge in [0.1, 0.15) is 5.82 Å². The third-order valence-corrected chi connectivity index (χ3v) is 5.44. The van der Waals surface area contributed by atoms with Gasteiger partial charge in [-0.3, -0.25) is 9.59 Å². The Morgan fingerprint density at radius 2 is 1.83 bits per heavy atom. The molecule has 1 aromatic heterocycles. The first kappa shape index (κ1) is 23.0. The Hall–Kier alpha value is -2.32. The number of H-pyrrole nitrogens is 1.